The molecule has 0 saturated heterocycles. The van der Waals surface area contributed by atoms with Crippen molar-refractivity contribution in [1.29, 1.82) is 0 Å². The Labute approximate surface area is 171 Å². The molecule has 29 heavy (non-hydrogen) atoms. The molecule has 0 bridgehead atoms. The number of halogens is 1. The summed E-state index contributed by atoms with van der Waals surface area (Å²) in [5, 5.41) is 12.5. The molecule has 0 spiro atoms. The molecule has 3 rings (SSSR count). The highest BCUT2D eigenvalue weighted by Crippen LogP contribution is 2.23. The number of hydrogen-bond donors (Lipinski definition) is 3. The maximum atomic E-state index is 13.0. The van der Waals surface area contributed by atoms with Crippen LogP contribution in [0.15, 0.2) is 63.8 Å². The number of nitrogens with two attached hydrogens (primary N) is 2. The van der Waals surface area contributed by atoms with Gasteiger partial charge in [-0.15, -0.1) is 5.10 Å². The molecule has 3 aromatic rings. The van der Waals surface area contributed by atoms with E-state index in [2.05, 4.69) is 25.7 Å². The molecule has 2 aromatic carbocycles. The third-order valence-electron chi connectivity index (χ3n) is 3.90. The number of anilines is 1. The fourth-order valence-corrected chi connectivity index (χ4v) is 3.38. The SMILES string of the molecule is C/C(=N\N=C(N)N)c1sc(N/N=C/c2ccc(-c3ccc(F)cc3)cc2)nc1C. The van der Waals surface area contributed by atoms with Crippen molar-refractivity contribution in [2.24, 2.45) is 26.8 Å². The van der Waals surface area contributed by atoms with Crippen LogP contribution in [0.1, 0.15) is 23.1 Å². The van der Waals surface area contributed by atoms with E-state index in [9.17, 15) is 4.39 Å². The molecule has 0 unspecified atom stereocenters. The fraction of sp³-hybridized carbons (Fsp3) is 0.100. The summed E-state index contributed by atoms with van der Waals surface area (Å²) in [6.07, 6.45) is 1.70. The van der Waals surface area contributed by atoms with Crippen LogP contribution >= 0.6 is 11.3 Å². The largest absolute Gasteiger partial charge is 0.369 e. The monoisotopic (exact) mass is 409 g/mol. The van der Waals surface area contributed by atoms with Gasteiger partial charge in [-0.05, 0) is 42.7 Å². The zero-order chi connectivity index (χ0) is 20.8. The number of guanidine groups is 1. The summed E-state index contributed by atoms with van der Waals surface area (Å²) < 4.78 is 13.0. The van der Waals surface area contributed by atoms with E-state index in [0.717, 1.165) is 27.3 Å². The molecule has 5 N–H and O–H groups in total. The van der Waals surface area contributed by atoms with Crippen molar-refractivity contribution in [2.45, 2.75) is 13.8 Å². The third-order valence-corrected chi connectivity index (χ3v) is 5.07. The molecule has 0 aliphatic heterocycles. The molecule has 1 heterocycles. The molecule has 0 amide bonds. The highest BCUT2D eigenvalue weighted by molar-refractivity contribution is 7.17. The standard InChI is InChI=1S/C20H20FN7S/c1-12-18(13(2)26-27-19(22)23)29-20(25-12)28-24-11-14-3-5-15(6-4-14)16-7-9-17(21)10-8-16/h3-11H,1-2H3,(H,25,28)(H4,22,23,27)/b24-11+,26-13+. The second-order valence-corrected chi connectivity index (χ2v) is 7.14. The van der Waals surface area contributed by atoms with E-state index in [1.165, 1.54) is 23.5 Å². The average Bonchev–Trinajstić information content (AvgIpc) is 3.08. The van der Waals surface area contributed by atoms with Crippen molar-refractivity contribution < 1.29 is 4.39 Å². The van der Waals surface area contributed by atoms with E-state index in [0.29, 0.717) is 10.8 Å². The zero-order valence-electron chi connectivity index (χ0n) is 15.9. The van der Waals surface area contributed by atoms with Crippen molar-refractivity contribution in [3.8, 4) is 11.1 Å². The van der Waals surface area contributed by atoms with Gasteiger partial charge in [-0.3, -0.25) is 5.43 Å². The number of benzene rings is 2. The number of nitrogens with zero attached hydrogens (tertiary/aromatic N) is 4. The third kappa shape index (κ3) is 5.45. The van der Waals surface area contributed by atoms with Crippen molar-refractivity contribution >= 4 is 34.4 Å². The van der Waals surface area contributed by atoms with Gasteiger partial charge < -0.3 is 11.5 Å². The van der Waals surface area contributed by atoms with Crippen LogP contribution in [0.4, 0.5) is 9.52 Å². The minimum Gasteiger partial charge on any atom is -0.369 e. The van der Waals surface area contributed by atoms with Crippen LogP contribution in [0.2, 0.25) is 0 Å². The van der Waals surface area contributed by atoms with Crippen molar-refractivity contribution in [1.82, 2.24) is 4.98 Å². The van der Waals surface area contributed by atoms with E-state index in [4.69, 9.17) is 11.5 Å². The van der Waals surface area contributed by atoms with E-state index < -0.39 is 0 Å². The van der Waals surface area contributed by atoms with Crippen LogP contribution in [0.25, 0.3) is 11.1 Å². The average molecular weight is 409 g/mol. The first-order chi connectivity index (χ1) is 13.9. The minimum absolute atomic E-state index is 0.0973. The first kappa shape index (κ1) is 20.2. The Balaban J connectivity index is 1.66. The van der Waals surface area contributed by atoms with Crippen molar-refractivity contribution in [3.05, 3.63) is 70.5 Å². The summed E-state index contributed by atoms with van der Waals surface area (Å²) in [6.45, 7) is 3.69. The number of nitrogens with one attached hydrogen (secondary N) is 1. The molecule has 0 saturated carbocycles. The van der Waals surface area contributed by atoms with E-state index in [1.807, 2.05) is 38.1 Å². The number of thiazole rings is 1. The van der Waals surface area contributed by atoms with E-state index in [1.54, 1.807) is 18.3 Å². The van der Waals surface area contributed by atoms with Gasteiger partial charge in [-0.1, -0.05) is 47.7 Å². The molecule has 0 fully saturated rings. The van der Waals surface area contributed by atoms with E-state index >= 15 is 0 Å². The lowest BCUT2D eigenvalue weighted by atomic mass is 10.0. The number of rotatable bonds is 6. The van der Waals surface area contributed by atoms with Gasteiger partial charge in [0.05, 0.1) is 22.5 Å². The number of aromatic nitrogens is 1. The molecule has 0 radical (unpaired) electrons. The van der Waals surface area contributed by atoms with Crippen molar-refractivity contribution in [3.63, 3.8) is 0 Å². The van der Waals surface area contributed by atoms with Crippen molar-refractivity contribution in [2.75, 3.05) is 5.43 Å². The van der Waals surface area contributed by atoms with Gasteiger partial charge in [0, 0.05) is 0 Å². The molecule has 9 heteroatoms. The normalized spacial score (nSPS) is 11.6. The van der Waals surface area contributed by atoms with Gasteiger partial charge >= 0.3 is 0 Å². The van der Waals surface area contributed by atoms with E-state index in [-0.39, 0.29) is 11.8 Å². The number of aryl methyl sites for hydroxylation is 1. The lowest BCUT2D eigenvalue weighted by Crippen LogP contribution is -2.22. The minimum atomic E-state index is -0.248. The highest BCUT2D eigenvalue weighted by atomic mass is 32.1. The predicted octanol–water partition coefficient (Wildman–Crippen LogP) is 3.70. The second-order valence-electron chi connectivity index (χ2n) is 6.14. The Kier molecular flexibility index (Phi) is 6.30. The van der Waals surface area contributed by atoms with Gasteiger partial charge in [0.1, 0.15) is 5.82 Å². The van der Waals surface area contributed by atoms with Crippen LogP contribution in [0.5, 0.6) is 0 Å². The quantitative estimate of drug-likeness (QED) is 0.327. The van der Waals surface area contributed by atoms with Gasteiger partial charge in [-0.2, -0.15) is 10.2 Å². The molecule has 0 aliphatic carbocycles. The molecule has 0 aliphatic rings. The lowest BCUT2D eigenvalue weighted by molar-refractivity contribution is 0.628. The summed E-state index contributed by atoms with van der Waals surface area (Å²) in [4.78, 5) is 5.29. The molecule has 0 atom stereocenters. The maximum absolute atomic E-state index is 13.0. The number of hydrogen-bond acceptors (Lipinski definition) is 6. The van der Waals surface area contributed by atoms with Gasteiger partial charge in [0.25, 0.3) is 0 Å². The summed E-state index contributed by atoms with van der Waals surface area (Å²) >= 11 is 1.41. The molecule has 148 valence electrons. The zero-order valence-corrected chi connectivity index (χ0v) is 16.7. The Morgan fingerprint density at radius 3 is 2.28 bits per heavy atom. The van der Waals surface area contributed by atoms with Gasteiger partial charge in [-0.25, -0.2) is 9.37 Å². The van der Waals surface area contributed by atoms with Crippen LogP contribution in [0, 0.1) is 12.7 Å². The molecule has 1 aromatic heterocycles. The van der Waals surface area contributed by atoms with Crippen LogP contribution in [0.3, 0.4) is 0 Å². The smallest absolute Gasteiger partial charge is 0.211 e. The molecular weight excluding hydrogens is 389 g/mol. The highest BCUT2D eigenvalue weighted by Gasteiger charge is 2.10. The first-order valence-electron chi connectivity index (χ1n) is 8.68. The van der Waals surface area contributed by atoms with Crippen LogP contribution in [-0.2, 0) is 0 Å². The second kappa shape index (κ2) is 9.07. The summed E-state index contributed by atoms with van der Waals surface area (Å²) in [6, 6.07) is 14.2. The maximum Gasteiger partial charge on any atom is 0.211 e. The summed E-state index contributed by atoms with van der Waals surface area (Å²) in [5.74, 6) is -0.346. The Morgan fingerprint density at radius 1 is 1.03 bits per heavy atom. The Morgan fingerprint density at radius 2 is 1.66 bits per heavy atom. The van der Waals surface area contributed by atoms with Crippen LogP contribution < -0.4 is 16.9 Å². The van der Waals surface area contributed by atoms with Gasteiger partial charge in [0.2, 0.25) is 11.1 Å². The first-order valence-corrected chi connectivity index (χ1v) is 9.50. The van der Waals surface area contributed by atoms with Crippen LogP contribution in [-0.4, -0.2) is 22.9 Å². The van der Waals surface area contributed by atoms with Gasteiger partial charge in [0.15, 0.2) is 0 Å². The number of hydrazone groups is 1. The summed E-state index contributed by atoms with van der Waals surface area (Å²) in [7, 11) is 0. The molecule has 7 nitrogen and oxygen atoms in total. The predicted molar refractivity (Wildman–Crippen MR) is 118 cm³/mol. The lowest BCUT2D eigenvalue weighted by Gasteiger charge is -2.02. The Bertz CT molecular complexity index is 1060. The molecular formula is C20H20FN7S. The Hall–Kier alpha value is -3.59. The fourth-order valence-electron chi connectivity index (χ4n) is 2.52. The summed E-state index contributed by atoms with van der Waals surface area (Å²) in [5.41, 5.74) is 17.9. The topological polar surface area (TPSA) is 114 Å².